The first-order valence-electron chi connectivity index (χ1n) is 4.21. The summed E-state index contributed by atoms with van der Waals surface area (Å²) in [6, 6.07) is 8.30. The molecule has 0 saturated carbocycles. The van der Waals surface area contributed by atoms with Gasteiger partial charge in [0.1, 0.15) is 0 Å². The van der Waals surface area contributed by atoms with Crippen LogP contribution in [0.15, 0.2) is 30.3 Å². The van der Waals surface area contributed by atoms with E-state index < -0.39 is 28.4 Å². The number of rotatable bonds is 3. The third kappa shape index (κ3) is 7.92. The Bertz CT molecular complexity index is 411. The fourth-order valence-electron chi connectivity index (χ4n) is 0.696. The van der Waals surface area contributed by atoms with Gasteiger partial charge in [0.2, 0.25) is 0 Å². The minimum Gasteiger partial charge on any atom is -0.478 e. The highest BCUT2D eigenvalue weighted by Crippen LogP contribution is 1.96. The van der Waals surface area contributed by atoms with Crippen LogP contribution >= 0.6 is 0 Å². The molecule has 0 spiro atoms. The normalized spacial score (nSPS) is 10.1. The summed E-state index contributed by atoms with van der Waals surface area (Å²) in [5.74, 6) is -1.46. The summed E-state index contributed by atoms with van der Waals surface area (Å²) in [6.45, 7) is -0.529. The van der Waals surface area contributed by atoms with Gasteiger partial charge in [-0.15, -0.1) is 0 Å². The summed E-state index contributed by atoms with van der Waals surface area (Å²) >= 11 is 0. The lowest BCUT2D eigenvalue weighted by atomic mass is 10.2. The molecule has 1 rings (SSSR count). The van der Waals surface area contributed by atoms with Gasteiger partial charge in [0.25, 0.3) is 10.1 Å². The average molecular weight is 248 g/mol. The number of benzene rings is 1. The van der Waals surface area contributed by atoms with Crippen LogP contribution in [0.1, 0.15) is 10.4 Å². The van der Waals surface area contributed by atoms with Gasteiger partial charge in [0.15, 0.2) is 0 Å². The van der Waals surface area contributed by atoms with Crippen LogP contribution in [0.25, 0.3) is 0 Å². The number of aliphatic hydroxyl groups is 1. The van der Waals surface area contributed by atoms with Crippen LogP contribution < -0.4 is 0 Å². The minimum absolute atomic E-state index is 0.331. The average Bonchev–Trinajstić information content (AvgIpc) is 2.18. The first-order valence-corrected chi connectivity index (χ1v) is 5.82. The molecular formula is C9H12O6S. The molecule has 16 heavy (non-hydrogen) atoms. The maximum atomic E-state index is 10.2. The Morgan fingerprint density at radius 3 is 1.88 bits per heavy atom. The van der Waals surface area contributed by atoms with Crippen molar-refractivity contribution in [2.45, 2.75) is 0 Å². The Hall–Kier alpha value is -1.44. The number of aliphatic hydroxyl groups excluding tert-OH is 1. The van der Waals surface area contributed by atoms with Gasteiger partial charge >= 0.3 is 5.97 Å². The van der Waals surface area contributed by atoms with Gasteiger partial charge in [0, 0.05) is 0 Å². The quantitative estimate of drug-likeness (QED) is 0.661. The van der Waals surface area contributed by atoms with Gasteiger partial charge in [-0.3, -0.25) is 4.55 Å². The van der Waals surface area contributed by atoms with E-state index in [9.17, 15) is 13.2 Å². The van der Waals surface area contributed by atoms with E-state index in [-0.39, 0.29) is 0 Å². The molecule has 3 N–H and O–H groups in total. The molecule has 1 aromatic rings. The van der Waals surface area contributed by atoms with Crippen LogP contribution in [0.2, 0.25) is 0 Å². The second-order valence-corrected chi connectivity index (χ2v) is 4.25. The van der Waals surface area contributed by atoms with E-state index in [0.717, 1.165) is 0 Å². The van der Waals surface area contributed by atoms with Gasteiger partial charge in [-0.05, 0) is 12.1 Å². The molecule has 0 unspecified atom stereocenters. The third-order valence-corrected chi connectivity index (χ3v) is 2.07. The topological polar surface area (TPSA) is 112 Å². The lowest BCUT2D eigenvalue weighted by Gasteiger charge is -1.88. The fourth-order valence-corrected chi connectivity index (χ4v) is 0.927. The predicted octanol–water partition coefficient (Wildman–Crippen LogP) is 0.251. The third-order valence-electron chi connectivity index (χ3n) is 1.37. The van der Waals surface area contributed by atoms with Gasteiger partial charge < -0.3 is 10.2 Å². The molecule has 0 radical (unpaired) electrons. The largest absolute Gasteiger partial charge is 0.478 e. The van der Waals surface area contributed by atoms with Crippen LogP contribution in [0.4, 0.5) is 0 Å². The number of carbonyl (C=O) groups is 1. The van der Waals surface area contributed by atoms with Crippen molar-refractivity contribution in [2.75, 3.05) is 12.4 Å². The van der Waals surface area contributed by atoms with Crippen LogP contribution in [0.5, 0.6) is 0 Å². The zero-order valence-electron chi connectivity index (χ0n) is 8.28. The smallest absolute Gasteiger partial charge is 0.335 e. The van der Waals surface area contributed by atoms with Crippen molar-refractivity contribution in [3.05, 3.63) is 35.9 Å². The van der Waals surface area contributed by atoms with Crippen molar-refractivity contribution in [3.8, 4) is 0 Å². The maximum Gasteiger partial charge on any atom is 0.335 e. The van der Waals surface area contributed by atoms with Gasteiger partial charge in [-0.2, -0.15) is 8.42 Å². The number of carboxylic acids is 1. The lowest BCUT2D eigenvalue weighted by Crippen LogP contribution is -2.06. The summed E-state index contributed by atoms with van der Waals surface area (Å²) < 4.78 is 27.1. The summed E-state index contributed by atoms with van der Waals surface area (Å²) in [7, 11) is -3.92. The molecule has 0 amide bonds. The Kier molecular flexibility index (Phi) is 6.31. The molecule has 0 bridgehead atoms. The maximum absolute atomic E-state index is 10.2. The van der Waals surface area contributed by atoms with Crippen LogP contribution in [0.3, 0.4) is 0 Å². The van der Waals surface area contributed by atoms with Crippen molar-refractivity contribution >= 4 is 16.1 Å². The molecule has 0 heterocycles. The highest BCUT2D eigenvalue weighted by molar-refractivity contribution is 7.85. The minimum atomic E-state index is -3.92. The SMILES string of the molecule is O=C(O)c1ccccc1.O=S(=O)(O)CCO. The Balaban J connectivity index is 0.000000293. The molecule has 7 heteroatoms. The summed E-state index contributed by atoms with van der Waals surface area (Å²) in [5, 5.41) is 16.2. The first-order chi connectivity index (χ1) is 7.37. The van der Waals surface area contributed by atoms with E-state index in [0.29, 0.717) is 5.56 Å². The predicted molar refractivity (Wildman–Crippen MR) is 56.9 cm³/mol. The van der Waals surface area contributed by atoms with E-state index in [2.05, 4.69) is 0 Å². The summed E-state index contributed by atoms with van der Waals surface area (Å²) in [6.07, 6.45) is 0. The molecule has 0 atom stereocenters. The molecule has 1 aromatic carbocycles. The number of hydrogen-bond acceptors (Lipinski definition) is 4. The highest BCUT2D eigenvalue weighted by Gasteiger charge is 1.99. The fraction of sp³-hybridized carbons (Fsp3) is 0.222. The molecule has 0 aromatic heterocycles. The molecule has 90 valence electrons. The van der Waals surface area contributed by atoms with Crippen molar-refractivity contribution in [1.82, 2.24) is 0 Å². The molecular weight excluding hydrogens is 236 g/mol. The first kappa shape index (κ1) is 14.6. The van der Waals surface area contributed by atoms with Crippen LogP contribution in [0, 0.1) is 0 Å². The van der Waals surface area contributed by atoms with Gasteiger partial charge in [-0.1, -0.05) is 18.2 Å². The van der Waals surface area contributed by atoms with Gasteiger partial charge in [0.05, 0.1) is 17.9 Å². The monoisotopic (exact) mass is 248 g/mol. The zero-order valence-corrected chi connectivity index (χ0v) is 9.09. The molecule has 0 aliphatic heterocycles. The second-order valence-electron chi connectivity index (χ2n) is 2.68. The summed E-state index contributed by atoms with van der Waals surface area (Å²) in [4.78, 5) is 10.2. The lowest BCUT2D eigenvalue weighted by molar-refractivity contribution is 0.0697. The van der Waals surface area contributed by atoms with Crippen LogP contribution in [-0.4, -0.2) is 41.5 Å². The van der Waals surface area contributed by atoms with Crippen molar-refractivity contribution in [1.29, 1.82) is 0 Å². The van der Waals surface area contributed by atoms with Crippen molar-refractivity contribution in [3.63, 3.8) is 0 Å². The Morgan fingerprint density at radius 1 is 1.19 bits per heavy atom. The molecule has 0 saturated heterocycles. The van der Waals surface area contributed by atoms with Crippen molar-refractivity contribution in [2.24, 2.45) is 0 Å². The van der Waals surface area contributed by atoms with E-state index in [4.69, 9.17) is 14.8 Å². The number of carboxylic acid groups (broad SMARTS) is 1. The summed E-state index contributed by atoms with van der Waals surface area (Å²) in [5.41, 5.74) is 0.331. The number of aromatic carboxylic acids is 1. The van der Waals surface area contributed by atoms with E-state index >= 15 is 0 Å². The zero-order chi connectivity index (χ0) is 12.6. The number of hydrogen-bond donors (Lipinski definition) is 3. The standard InChI is InChI=1S/C7H6O2.C2H6O4S/c8-7(9)6-4-2-1-3-5-6;3-1-2-7(4,5)6/h1-5H,(H,8,9);3H,1-2H2,(H,4,5,6). The van der Waals surface area contributed by atoms with E-state index in [1.165, 1.54) is 0 Å². The molecule has 0 aliphatic carbocycles. The molecule has 0 aliphatic rings. The van der Waals surface area contributed by atoms with Crippen LogP contribution in [-0.2, 0) is 10.1 Å². The molecule has 0 fully saturated rings. The second kappa shape index (κ2) is 6.94. The van der Waals surface area contributed by atoms with Crippen molar-refractivity contribution < 1.29 is 28.0 Å². The Morgan fingerprint density at radius 2 is 1.69 bits per heavy atom. The highest BCUT2D eigenvalue weighted by atomic mass is 32.2. The van der Waals surface area contributed by atoms with E-state index in [1.54, 1.807) is 30.3 Å². The van der Waals surface area contributed by atoms with E-state index in [1.807, 2.05) is 0 Å². The van der Waals surface area contributed by atoms with Gasteiger partial charge in [-0.25, -0.2) is 4.79 Å². The molecule has 6 nitrogen and oxygen atoms in total. The Labute approximate surface area is 92.9 Å².